The normalized spacial score (nSPS) is 30.1. The van der Waals surface area contributed by atoms with Crippen molar-refractivity contribution >= 4 is 34.9 Å². The number of likely N-dealkylation sites (N-methyl/N-ethyl adjacent to an activating group) is 1. The maximum atomic E-state index is 14.1. The molecule has 39 heavy (non-hydrogen) atoms. The highest BCUT2D eigenvalue weighted by Gasteiger charge is 2.69. The van der Waals surface area contributed by atoms with Crippen LogP contribution in [0.1, 0.15) is 37.3 Å². The number of amides is 1. The second-order valence-electron chi connectivity index (χ2n) is 10.0. The first-order valence-corrected chi connectivity index (χ1v) is 12.0. The number of rotatable bonds is 5. The average molecular weight is 546 g/mol. The van der Waals surface area contributed by atoms with E-state index in [4.69, 9.17) is 10.5 Å². The van der Waals surface area contributed by atoms with E-state index >= 15 is 0 Å². The largest absolute Gasteiger partial charge is 0.508 e. The fourth-order valence-corrected chi connectivity index (χ4v) is 6.10. The molecule has 3 aliphatic rings. The number of primary amides is 1. The molecule has 0 heterocycles. The van der Waals surface area contributed by atoms with Crippen molar-refractivity contribution < 1.29 is 49.3 Å². The molecule has 0 spiro atoms. The molecule has 3 aliphatic carbocycles. The second kappa shape index (κ2) is 9.17. The first kappa shape index (κ1) is 27.7. The van der Waals surface area contributed by atoms with Gasteiger partial charge in [-0.1, -0.05) is 19.9 Å². The lowest BCUT2D eigenvalue weighted by Gasteiger charge is -2.54. The van der Waals surface area contributed by atoms with Crippen LogP contribution in [0.2, 0.25) is 0 Å². The Balaban J connectivity index is 2.13. The van der Waals surface area contributed by atoms with Crippen LogP contribution < -0.4 is 5.73 Å². The highest BCUT2D eigenvalue weighted by Crippen LogP contribution is 2.57. The lowest BCUT2D eigenvalue weighted by molar-refractivity contribution is -0.385. The molecule has 6 unspecified atom stereocenters. The molecule has 14 nitrogen and oxygen atoms in total. The van der Waals surface area contributed by atoms with Crippen LogP contribution in [0.25, 0.3) is 5.76 Å². The summed E-state index contributed by atoms with van der Waals surface area (Å²) in [4.78, 5) is 64.0. The third-order valence-corrected chi connectivity index (χ3v) is 7.83. The number of aromatic hydroxyl groups is 1. The number of fused-ring (bicyclic) bond motifs is 3. The van der Waals surface area contributed by atoms with Gasteiger partial charge >= 0.3 is 11.7 Å². The van der Waals surface area contributed by atoms with Gasteiger partial charge < -0.3 is 30.9 Å². The Labute approximate surface area is 221 Å². The average Bonchev–Trinajstić information content (AvgIpc) is 2.84. The minimum atomic E-state index is -3.08. The second-order valence-corrected chi connectivity index (χ2v) is 10.0. The third-order valence-electron chi connectivity index (χ3n) is 7.83. The summed E-state index contributed by atoms with van der Waals surface area (Å²) < 4.78 is 5.70. The number of nitrogens with zero attached hydrogens (tertiary/aromatic N) is 2. The van der Waals surface area contributed by atoms with Crippen LogP contribution >= 0.6 is 0 Å². The highest BCUT2D eigenvalue weighted by molar-refractivity contribution is 6.24. The maximum absolute atomic E-state index is 14.1. The minimum absolute atomic E-state index is 0.153. The molecule has 0 saturated heterocycles. The number of hydrogen-bond donors (Lipinski definition) is 5. The fourth-order valence-electron chi connectivity index (χ4n) is 6.10. The molecule has 1 fully saturated rings. The Bertz CT molecular complexity index is 1410. The summed E-state index contributed by atoms with van der Waals surface area (Å²) in [6, 6.07) is 0.791. The molecule has 208 valence electrons. The summed E-state index contributed by atoms with van der Waals surface area (Å²) in [6.07, 6.45) is -1.69. The van der Waals surface area contributed by atoms with Crippen LogP contribution in [0.15, 0.2) is 29.0 Å². The van der Waals surface area contributed by atoms with Crippen LogP contribution in [0.5, 0.6) is 5.75 Å². The van der Waals surface area contributed by atoms with Gasteiger partial charge in [-0.25, -0.2) is 0 Å². The molecule has 1 aromatic rings. The van der Waals surface area contributed by atoms with E-state index in [2.05, 4.69) is 0 Å². The number of ether oxygens (including phenoxy) is 1. The Hall–Kier alpha value is -4.30. The van der Waals surface area contributed by atoms with Gasteiger partial charge in [0.2, 0.25) is 11.5 Å². The summed E-state index contributed by atoms with van der Waals surface area (Å²) in [7, 11) is 2.82. The van der Waals surface area contributed by atoms with Gasteiger partial charge in [0.25, 0.3) is 5.91 Å². The number of esters is 1. The SMILES string of the molecule is CCC(=O)OC1C2C(=C(O)c3c(ccc([N+](=O)[O-])c3O)C2C)C(=O)C2(O)C(O)=C(C(N)=O)C(=O)C(N(C)C)C12. The van der Waals surface area contributed by atoms with Gasteiger partial charge in [0, 0.05) is 24.0 Å². The van der Waals surface area contributed by atoms with Gasteiger partial charge in [0.05, 0.1) is 22.4 Å². The van der Waals surface area contributed by atoms with Crippen molar-refractivity contribution in [1.29, 1.82) is 0 Å². The van der Waals surface area contributed by atoms with E-state index in [1.165, 1.54) is 32.0 Å². The number of phenols is 1. The first-order valence-electron chi connectivity index (χ1n) is 12.0. The van der Waals surface area contributed by atoms with Crippen LogP contribution in [0.4, 0.5) is 5.69 Å². The first-order chi connectivity index (χ1) is 18.1. The number of Topliss-reactive ketones (excluding diaryl/α,β-unsaturated/α-hetero) is 2. The predicted octanol–water partition coefficient (Wildman–Crippen LogP) is 0.365. The quantitative estimate of drug-likeness (QED) is 0.146. The van der Waals surface area contributed by atoms with Gasteiger partial charge in [-0.05, 0) is 25.6 Å². The molecule has 1 amide bonds. The van der Waals surface area contributed by atoms with Crippen molar-refractivity contribution in [3.63, 3.8) is 0 Å². The van der Waals surface area contributed by atoms with E-state index in [0.29, 0.717) is 0 Å². The molecule has 6 N–H and O–H groups in total. The van der Waals surface area contributed by atoms with Crippen LogP contribution in [0.3, 0.4) is 0 Å². The highest BCUT2D eigenvalue weighted by atomic mass is 16.6. The molecule has 0 bridgehead atoms. The molecule has 0 aliphatic heterocycles. The third kappa shape index (κ3) is 3.62. The summed E-state index contributed by atoms with van der Waals surface area (Å²) in [5.41, 5.74) is -0.464. The summed E-state index contributed by atoms with van der Waals surface area (Å²) in [5, 5.41) is 56.3. The number of aliphatic hydroxyl groups is 3. The van der Waals surface area contributed by atoms with Crippen LogP contribution in [-0.2, 0) is 23.9 Å². The molecule has 14 heteroatoms. The lowest BCUT2D eigenvalue weighted by atomic mass is 9.54. The van der Waals surface area contributed by atoms with Crippen molar-refractivity contribution in [3.8, 4) is 5.75 Å². The van der Waals surface area contributed by atoms with E-state index in [1.54, 1.807) is 6.92 Å². The predicted molar refractivity (Wildman–Crippen MR) is 131 cm³/mol. The van der Waals surface area contributed by atoms with Gasteiger partial charge in [-0.2, -0.15) is 0 Å². The van der Waals surface area contributed by atoms with Gasteiger partial charge in [0.1, 0.15) is 23.2 Å². The zero-order valence-electron chi connectivity index (χ0n) is 21.4. The van der Waals surface area contributed by atoms with E-state index in [0.717, 1.165) is 6.07 Å². The van der Waals surface area contributed by atoms with Gasteiger partial charge in [-0.3, -0.25) is 34.2 Å². The Morgan fingerprint density at radius 1 is 1.21 bits per heavy atom. The Kier molecular flexibility index (Phi) is 6.52. The molecule has 4 rings (SSSR count). The van der Waals surface area contributed by atoms with Crippen molar-refractivity contribution in [3.05, 3.63) is 50.3 Å². The minimum Gasteiger partial charge on any atom is -0.508 e. The number of ketones is 2. The van der Waals surface area contributed by atoms with Crippen LogP contribution in [0, 0.1) is 22.0 Å². The van der Waals surface area contributed by atoms with E-state index in [9.17, 15) is 49.7 Å². The molecule has 1 saturated carbocycles. The zero-order chi connectivity index (χ0) is 29.3. The van der Waals surface area contributed by atoms with Gasteiger partial charge in [0.15, 0.2) is 11.4 Å². The molecular weight excluding hydrogens is 518 g/mol. The van der Waals surface area contributed by atoms with Crippen molar-refractivity contribution in [1.82, 2.24) is 4.90 Å². The summed E-state index contributed by atoms with van der Waals surface area (Å²) in [5.74, 6) is -11.6. The van der Waals surface area contributed by atoms with Crippen molar-refractivity contribution in [2.24, 2.45) is 17.6 Å². The van der Waals surface area contributed by atoms with E-state index < -0.39 is 104 Å². The van der Waals surface area contributed by atoms with E-state index in [1.807, 2.05) is 0 Å². The molecule has 0 radical (unpaired) electrons. The Morgan fingerprint density at radius 3 is 2.33 bits per heavy atom. The monoisotopic (exact) mass is 545 g/mol. The number of benzene rings is 1. The number of hydrogen-bond acceptors (Lipinski definition) is 12. The number of nitro benzene ring substituents is 1. The standard InChI is InChI=1S/C25H27N3O11/c1-5-11(29)39-21-12-8(2)9-6-7-10(28(37)38)18(30)13(9)19(31)14(12)22(33)25(36)16(21)17(27(3)4)20(32)15(23(25)34)24(26)35/h6-8,12,16-17,21,30-31,34,36H,5H2,1-4H3,(H2,26,35). The maximum Gasteiger partial charge on any atom is 0.311 e. The number of nitro groups is 1. The summed E-state index contributed by atoms with van der Waals surface area (Å²) >= 11 is 0. The number of aliphatic hydroxyl groups excluding tert-OH is 2. The molecular formula is C25H27N3O11. The lowest BCUT2D eigenvalue weighted by Crippen LogP contribution is -2.71. The summed E-state index contributed by atoms with van der Waals surface area (Å²) in [6.45, 7) is 3.02. The van der Waals surface area contributed by atoms with Crippen molar-refractivity contribution in [2.45, 2.75) is 43.9 Å². The molecule has 0 aromatic heterocycles. The van der Waals surface area contributed by atoms with Crippen LogP contribution in [-0.4, -0.2) is 85.5 Å². The Morgan fingerprint density at radius 2 is 1.82 bits per heavy atom. The number of phenolic OH excluding ortho intramolecular Hbond substituents is 1. The molecule has 1 aromatic carbocycles. The van der Waals surface area contributed by atoms with Crippen molar-refractivity contribution in [2.75, 3.05) is 14.1 Å². The topological polar surface area (TPSA) is 231 Å². The van der Waals surface area contributed by atoms with E-state index in [-0.39, 0.29) is 12.0 Å². The number of nitrogens with two attached hydrogens (primary N) is 1. The smallest absolute Gasteiger partial charge is 0.311 e. The number of carbonyl (C=O) groups is 4. The number of carbonyl (C=O) groups excluding carboxylic acids is 4. The zero-order valence-corrected chi connectivity index (χ0v) is 21.4. The molecule has 6 atom stereocenters. The van der Waals surface area contributed by atoms with Gasteiger partial charge in [-0.15, -0.1) is 0 Å². The fraction of sp³-hybridized carbons (Fsp3) is 0.440.